The average molecular weight is 290 g/mol. The fourth-order valence-corrected chi connectivity index (χ4v) is 3.87. The number of amides is 1. The number of piperidine rings is 1. The first-order valence-corrected chi connectivity index (χ1v) is 8.54. The summed E-state index contributed by atoms with van der Waals surface area (Å²) in [4.78, 5) is 13.7. The number of sulfonamides is 1. The Morgan fingerprint density at radius 3 is 2.26 bits per heavy atom. The number of carbonyl (C=O) groups excluding carboxylic acids is 1. The predicted molar refractivity (Wildman–Crippen MR) is 71.2 cm³/mol. The maximum Gasteiger partial charge on any atom is 0.223 e. The van der Waals surface area contributed by atoms with Crippen molar-refractivity contribution in [2.24, 2.45) is 0 Å². The number of hydrogen-bond acceptors (Lipinski definition) is 4. The minimum absolute atomic E-state index is 0.0310. The summed E-state index contributed by atoms with van der Waals surface area (Å²) in [5.74, 6) is -0.112. The van der Waals surface area contributed by atoms with Crippen LogP contribution in [0.1, 0.15) is 25.7 Å². The van der Waals surface area contributed by atoms with E-state index < -0.39 is 10.0 Å². The maximum absolute atomic E-state index is 12.1. The van der Waals surface area contributed by atoms with Crippen molar-refractivity contribution in [3.05, 3.63) is 0 Å². The van der Waals surface area contributed by atoms with Gasteiger partial charge in [0.25, 0.3) is 0 Å². The van der Waals surface area contributed by atoms with Crippen LogP contribution >= 0.6 is 0 Å². The lowest BCUT2D eigenvalue weighted by Gasteiger charge is -2.28. The maximum atomic E-state index is 12.1. The number of ether oxygens (including phenoxy) is 1. The van der Waals surface area contributed by atoms with Crippen LogP contribution in [-0.2, 0) is 19.6 Å². The van der Waals surface area contributed by atoms with Crippen LogP contribution in [0.2, 0.25) is 0 Å². The van der Waals surface area contributed by atoms with Gasteiger partial charge in [-0.05, 0) is 19.3 Å². The second-order valence-corrected chi connectivity index (χ2v) is 7.11. The molecule has 0 aromatic rings. The van der Waals surface area contributed by atoms with Crippen molar-refractivity contribution in [3.63, 3.8) is 0 Å². The van der Waals surface area contributed by atoms with E-state index >= 15 is 0 Å². The van der Waals surface area contributed by atoms with E-state index in [2.05, 4.69) is 0 Å². The van der Waals surface area contributed by atoms with Gasteiger partial charge in [0.15, 0.2) is 0 Å². The summed E-state index contributed by atoms with van der Waals surface area (Å²) in [7, 11) is -3.31. The highest BCUT2D eigenvalue weighted by Crippen LogP contribution is 2.12. The van der Waals surface area contributed by atoms with Gasteiger partial charge in [0.05, 0.1) is 19.0 Å². The quantitative estimate of drug-likeness (QED) is 0.734. The second kappa shape index (κ2) is 6.67. The lowest BCUT2D eigenvalue weighted by Crippen LogP contribution is -2.43. The van der Waals surface area contributed by atoms with Crippen molar-refractivity contribution in [1.29, 1.82) is 0 Å². The number of hydrogen-bond donors (Lipinski definition) is 0. The predicted octanol–water partition coefficient (Wildman–Crippen LogP) is 0.0510. The molecule has 0 unspecified atom stereocenters. The molecule has 7 heteroatoms. The monoisotopic (exact) mass is 290 g/mol. The standard InChI is InChI=1S/C12H22N2O4S/c15-12(13-5-2-1-3-6-13)4-11-19(16,17)14-7-9-18-10-8-14/h1-11H2. The number of nitrogens with zero attached hydrogens (tertiary/aromatic N) is 2. The molecule has 0 radical (unpaired) electrons. The molecule has 0 atom stereocenters. The van der Waals surface area contributed by atoms with E-state index in [4.69, 9.17) is 4.74 Å². The first kappa shape index (κ1) is 14.7. The van der Waals surface area contributed by atoms with E-state index in [9.17, 15) is 13.2 Å². The van der Waals surface area contributed by atoms with Gasteiger partial charge < -0.3 is 9.64 Å². The van der Waals surface area contributed by atoms with Crippen molar-refractivity contribution < 1.29 is 17.9 Å². The van der Waals surface area contributed by atoms with Crippen LogP contribution in [0.3, 0.4) is 0 Å². The summed E-state index contributed by atoms with van der Waals surface area (Å²) in [5.41, 5.74) is 0. The third-order valence-electron chi connectivity index (χ3n) is 3.65. The number of rotatable bonds is 4. The second-order valence-electron chi connectivity index (χ2n) is 5.02. The van der Waals surface area contributed by atoms with Crippen LogP contribution in [0.4, 0.5) is 0 Å². The molecule has 2 fully saturated rings. The Bertz CT molecular complexity index is 398. The van der Waals surface area contributed by atoms with Crippen molar-refractivity contribution in [2.75, 3.05) is 45.1 Å². The molecule has 2 aliphatic heterocycles. The first-order valence-electron chi connectivity index (χ1n) is 6.93. The Kier molecular flexibility index (Phi) is 5.18. The van der Waals surface area contributed by atoms with Crippen LogP contribution in [0, 0.1) is 0 Å². The third kappa shape index (κ3) is 4.15. The zero-order chi connectivity index (χ0) is 13.7. The summed E-state index contributed by atoms with van der Waals surface area (Å²) in [6.07, 6.45) is 3.32. The van der Waals surface area contributed by atoms with Gasteiger partial charge in [-0.3, -0.25) is 4.79 Å². The van der Waals surface area contributed by atoms with Crippen molar-refractivity contribution in [1.82, 2.24) is 9.21 Å². The Balaban J connectivity index is 1.81. The molecule has 0 aliphatic carbocycles. The number of morpholine rings is 1. The lowest BCUT2D eigenvalue weighted by molar-refractivity contribution is -0.131. The molecule has 0 bridgehead atoms. The summed E-state index contributed by atoms with van der Waals surface area (Å²) in [5, 5.41) is 0. The Morgan fingerprint density at radius 1 is 1.00 bits per heavy atom. The van der Waals surface area contributed by atoms with Gasteiger partial charge >= 0.3 is 0 Å². The largest absolute Gasteiger partial charge is 0.379 e. The molecule has 0 spiro atoms. The highest BCUT2D eigenvalue weighted by molar-refractivity contribution is 7.89. The summed E-state index contributed by atoms with van der Waals surface area (Å²) >= 11 is 0. The van der Waals surface area contributed by atoms with E-state index in [1.807, 2.05) is 0 Å². The van der Waals surface area contributed by atoms with Crippen molar-refractivity contribution in [2.45, 2.75) is 25.7 Å². The lowest BCUT2D eigenvalue weighted by atomic mass is 10.1. The molecule has 0 N–H and O–H groups in total. The number of carbonyl (C=O) groups is 1. The Hall–Kier alpha value is -0.660. The molecule has 1 amide bonds. The molecule has 0 aromatic carbocycles. The highest BCUT2D eigenvalue weighted by atomic mass is 32.2. The summed E-state index contributed by atoms with van der Waals surface area (Å²) in [6.45, 7) is 3.24. The average Bonchev–Trinajstić information content (AvgIpc) is 2.47. The smallest absolute Gasteiger partial charge is 0.223 e. The van der Waals surface area contributed by atoms with Gasteiger partial charge in [-0.2, -0.15) is 4.31 Å². The molecule has 0 saturated carbocycles. The van der Waals surface area contributed by atoms with Gasteiger partial charge in [-0.1, -0.05) is 0 Å². The van der Waals surface area contributed by atoms with Crippen LogP contribution in [0.25, 0.3) is 0 Å². The topological polar surface area (TPSA) is 66.9 Å². The van der Waals surface area contributed by atoms with Crippen LogP contribution in [-0.4, -0.2) is 68.7 Å². The molecular formula is C12H22N2O4S. The molecule has 2 saturated heterocycles. The van der Waals surface area contributed by atoms with Gasteiger partial charge in [0.1, 0.15) is 0 Å². The molecule has 2 aliphatic rings. The molecule has 0 aromatic heterocycles. The van der Waals surface area contributed by atoms with Gasteiger partial charge in [0, 0.05) is 32.6 Å². The number of likely N-dealkylation sites (tertiary alicyclic amines) is 1. The van der Waals surface area contributed by atoms with Crippen LogP contribution < -0.4 is 0 Å². The molecule has 2 heterocycles. The molecule has 6 nitrogen and oxygen atoms in total. The van der Waals surface area contributed by atoms with E-state index in [1.165, 1.54) is 4.31 Å². The SMILES string of the molecule is O=C(CCS(=O)(=O)N1CCOCC1)N1CCCCC1. The Morgan fingerprint density at radius 2 is 1.63 bits per heavy atom. The van der Waals surface area contributed by atoms with Gasteiger partial charge in [-0.25, -0.2) is 8.42 Å². The van der Waals surface area contributed by atoms with Gasteiger partial charge in [0.2, 0.25) is 15.9 Å². The molecular weight excluding hydrogens is 268 g/mol. The van der Waals surface area contributed by atoms with Crippen molar-refractivity contribution >= 4 is 15.9 Å². The minimum Gasteiger partial charge on any atom is -0.379 e. The van der Waals surface area contributed by atoms with E-state index in [0.29, 0.717) is 26.3 Å². The molecule has 19 heavy (non-hydrogen) atoms. The highest BCUT2D eigenvalue weighted by Gasteiger charge is 2.26. The fraction of sp³-hybridized carbons (Fsp3) is 0.917. The molecule has 2 rings (SSSR count). The normalized spacial score (nSPS) is 22.4. The van der Waals surface area contributed by atoms with E-state index in [1.54, 1.807) is 4.90 Å². The molecule has 110 valence electrons. The van der Waals surface area contributed by atoms with Crippen LogP contribution in [0.15, 0.2) is 0 Å². The fourth-order valence-electron chi connectivity index (χ4n) is 2.47. The first-order chi connectivity index (χ1) is 9.09. The van der Waals surface area contributed by atoms with Crippen LogP contribution in [0.5, 0.6) is 0 Å². The summed E-state index contributed by atoms with van der Waals surface area (Å²) < 4.78 is 30.7. The third-order valence-corrected chi connectivity index (χ3v) is 5.52. The summed E-state index contributed by atoms with van der Waals surface area (Å²) in [6, 6.07) is 0. The van der Waals surface area contributed by atoms with E-state index in [-0.39, 0.29) is 18.1 Å². The zero-order valence-electron chi connectivity index (χ0n) is 11.2. The van der Waals surface area contributed by atoms with Crippen molar-refractivity contribution in [3.8, 4) is 0 Å². The minimum atomic E-state index is -3.31. The zero-order valence-corrected chi connectivity index (χ0v) is 12.0. The van der Waals surface area contributed by atoms with Gasteiger partial charge in [-0.15, -0.1) is 0 Å². The Labute approximate surface area is 114 Å². The van der Waals surface area contributed by atoms with E-state index in [0.717, 1.165) is 32.4 Å².